The maximum absolute atomic E-state index is 12.1. The van der Waals surface area contributed by atoms with Crippen LogP contribution in [-0.2, 0) is 20.7 Å². The van der Waals surface area contributed by atoms with Crippen molar-refractivity contribution in [3.8, 4) is 0 Å². The summed E-state index contributed by atoms with van der Waals surface area (Å²) in [6.45, 7) is 2.08. The first kappa shape index (κ1) is 23.8. The van der Waals surface area contributed by atoms with E-state index in [4.69, 9.17) is 0 Å². The van der Waals surface area contributed by atoms with Gasteiger partial charge in [0.15, 0.2) is 5.78 Å². The number of esters is 1. The Morgan fingerprint density at radius 3 is 2.90 bits per heavy atom. The van der Waals surface area contributed by atoms with Crippen LogP contribution in [0.5, 0.6) is 0 Å². The fraction of sp³-hybridized carbons (Fsp3) is 0.478. The summed E-state index contributed by atoms with van der Waals surface area (Å²) in [4.78, 5) is 25.7. The number of hydrogen-bond donors (Lipinski definition) is 1. The van der Waals surface area contributed by atoms with Crippen molar-refractivity contribution in [1.29, 1.82) is 0 Å². The second-order valence-corrected chi connectivity index (χ2v) is 9.42. The SMILES string of the molecule is COC(=O)CCCC=CC[C@H]1C(=O)C=C[C@@H]1C=CC(O)CCc1cc(Br)c(C)s1. The van der Waals surface area contributed by atoms with Crippen LogP contribution in [0.25, 0.3) is 0 Å². The van der Waals surface area contributed by atoms with E-state index in [0.717, 1.165) is 23.7 Å². The fourth-order valence-corrected chi connectivity index (χ4v) is 4.85. The molecule has 0 aliphatic heterocycles. The lowest BCUT2D eigenvalue weighted by Crippen LogP contribution is -2.14. The molecule has 3 atom stereocenters. The highest BCUT2D eigenvalue weighted by Gasteiger charge is 2.27. The second kappa shape index (κ2) is 12.3. The van der Waals surface area contributed by atoms with Crippen LogP contribution < -0.4 is 0 Å². The number of rotatable bonds is 11. The molecular weight excluding hydrogens is 452 g/mol. The predicted octanol–water partition coefficient (Wildman–Crippen LogP) is 5.33. The first-order valence-corrected chi connectivity index (χ1v) is 11.6. The highest BCUT2D eigenvalue weighted by atomic mass is 79.9. The van der Waals surface area contributed by atoms with Crippen molar-refractivity contribution in [2.75, 3.05) is 7.11 Å². The van der Waals surface area contributed by atoms with E-state index in [-0.39, 0.29) is 23.6 Å². The maximum Gasteiger partial charge on any atom is 0.305 e. The van der Waals surface area contributed by atoms with E-state index in [9.17, 15) is 14.7 Å². The molecule has 0 saturated carbocycles. The second-order valence-electron chi connectivity index (χ2n) is 7.23. The number of carbonyl (C=O) groups is 2. The van der Waals surface area contributed by atoms with Crippen LogP contribution in [0.15, 0.2) is 47.0 Å². The van der Waals surface area contributed by atoms with Crippen molar-refractivity contribution in [2.45, 2.75) is 51.6 Å². The first-order valence-electron chi connectivity index (χ1n) is 9.95. The van der Waals surface area contributed by atoms with Gasteiger partial charge in [-0.3, -0.25) is 9.59 Å². The van der Waals surface area contributed by atoms with E-state index in [1.807, 2.05) is 30.4 Å². The molecule has 0 spiro atoms. The third kappa shape index (κ3) is 8.03. The minimum absolute atomic E-state index is 0.0231. The monoisotopic (exact) mass is 480 g/mol. The molecule has 158 valence electrons. The van der Waals surface area contributed by atoms with Gasteiger partial charge in [-0.05, 0) is 67.1 Å². The van der Waals surface area contributed by atoms with Gasteiger partial charge in [-0.1, -0.05) is 30.4 Å². The molecule has 1 heterocycles. The van der Waals surface area contributed by atoms with Crippen LogP contribution >= 0.6 is 27.3 Å². The molecule has 0 saturated heterocycles. The lowest BCUT2D eigenvalue weighted by atomic mass is 9.90. The Morgan fingerprint density at radius 2 is 2.21 bits per heavy atom. The standard InChI is InChI=1S/C23H29BrO4S/c1-16-21(24)15-19(29-16)13-12-18(25)11-9-17-10-14-22(26)20(17)7-5-3-4-6-8-23(27)28-2/h3,5,9-11,14-15,17-18,20,25H,4,6-8,12-13H2,1-2H3/t17-,18?,20+/m0/s1. The zero-order valence-electron chi connectivity index (χ0n) is 17.0. The molecular formula is C23H29BrO4S. The predicted molar refractivity (Wildman–Crippen MR) is 121 cm³/mol. The zero-order chi connectivity index (χ0) is 21.2. The summed E-state index contributed by atoms with van der Waals surface area (Å²) in [7, 11) is 1.39. The molecule has 1 aliphatic rings. The molecule has 0 radical (unpaired) electrons. The Hall–Kier alpha value is -1.50. The normalized spacial score (nSPS) is 20.2. The van der Waals surface area contributed by atoms with Gasteiger partial charge >= 0.3 is 5.97 Å². The average molecular weight is 481 g/mol. The van der Waals surface area contributed by atoms with Crippen molar-refractivity contribution >= 4 is 39.0 Å². The molecule has 0 amide bonds. The lowest BCUT2D eigenvalue weighted by Gasteiger charge is -2.13. The highest BCUT2D eigenvalue weighted by molar-refractivity contribution is 9.10. The number of hydrogen-bond acceptors (Lipinski definition) is 5. The summed E-state index contributed by atoms with van der Waals surface area (Å²) in [6.07, 6.45) is 15.0. The van der Waals surface area contributed by atoms with Crippen LogP contribution in [0.3, 0.4) is 0 Å². The van der Waals surface area contributed by atoms with Gasteiger partial charge in [0.2, 0.25) is 0 Å². The quantitative estimate of drug-likeness (QED) is 0.264. The van der Waals surface area contributed by atoms with Crippen LogP contribution in [-0.4, -0.2) is 30.1 Å². The van der Waals surface area contributed by atoms with E-state index >= 15 is 0 Å². The molecule has 29 heavy (non-hydrogen) atoms. The lowest BCUT2D eigenvalue weighted by molar-refractivity contribution is -0.140. The van der Waals surface area contributed by atoms with Crippen molar-refractivity contribution in [2.24, 2.45) is 11.8 Å². The van der Waals surface area contributed by atoms with E-state index in [0.29, 0.717) is 19.3 Å². The van der Waals surface area contributed by atoms with Crippen molar-refractivity contribution in [3.05, 3.63) is 56.7 Å². The molecule has 1 aromatic rings. The number of allylic oxidation sites excluding steroid dienone is 5. The Balaban J connectivity index is 1.76. The third-order valence-electron chi connectivity index (χ3n) is 5.00. The molecule has 1 aromatic heterocycles. The largest absolute Gasteiger partial charge is 0.469 e. The van der Waals surface area contributed by atoms with Gasteiger partial charge in [0, 0.05) is 32.5 Å². The summed E-state index contributed by atoms with van der Waals surface area (Å²) in [5.74, 6) is -0.146. The van der Waals surface area contributed by atoms with Gasteiger partial charge in [-0.2, -0.15) is 0 Å². The molecule has 1 N–H and O–H groups in total. The van der Waals surface area contributed by atoms with Gasteiger partial charge < -0.3 is 9.84 Å². The zero-order valence-corrected chi connectivity index (χ0v) is 19.4. The van der Waals surface area contributed by atoms with Gasteiger partial charge in [-0.15, -0.1) is 11.3 Å². The molecule has 0 bridgehead atoms. The molecule has 4 nitrogen and oxygen atoms in total. The number of unbranched alkanes of at least 4 members (excludes halogenated alkanes) is 1. The molecule has 1 aliphatic carbocycles. The van der Waals surface area contributed by atoms with Gasteiger partial charge in [0.05, 0.1) is 13.2 Å². The number of aryl methyl sites for hydroxylation is 2. The minimum atomic E-state index is -0.519. The van der Waals surface area contributed by atoms with Gasteiger partial charge in [0.25, 0.3) is 0 Å². The Labute approximate surface area is 185 Å². The van der Waals surface area contributed by atoms with Gasteiger partial charge in [-0.25, -0.2) is 0 Å². The van der Waals surface area contributed by atoms with Crippen LogP contribution in [0.2, 0.25) is 0 Å². The summed E-state index contributed by atoms with van der Waals surface area (Å²) >= 11 is 5.27. The number of aliphatic hydroxyl groups is 1. The van der Waals surface area contributed by atoms with Crippen molar-refractivity contribution in [1.82, 2.24) is 0 Å². The van der Waals surface area contributed by atoms with E-state index < -0.39 is 6.10 Å². The number of ketones is 1. The summed E-state index contributed by atoms with van der Waals surface area (Å²) < 4.78 is 5.74. The fourth-order valence-electron chi connectivity index (χ4n) is 3.24. The third-order valence-corrected chi connectivity index (χ3v) is 7.20. The van der Waals surface area contributed by atoms with Gasteiger partial charge in [0.1, 0.15) is 0 Å². The van der Waals surface area contributed by atoms with Crippen LogP contribution in [0.4, 0.5) is 0 Å². The number of ether oxygens (including phenoxy) is 1. The number of carbonyl (C=O) groups excluding carboxylic acids is 2. The number of methoxy groups -OCH3 is 1. The summed E-state index contributed by atoms with van der Waals surface area (Å²) in [5, 5.41) is 10.3. The summed E-state index contributed by atoms with van der Waals surface area (Å²) in [5.41, 5.74) is 0. The van der Waals surface area contributed by atoms with Crippen molar-refractivity contribution < 1.29 is 19.4 Å². The van der Waals surface area contributed by atoms with Crippen LogP contribution in [0.1, 0.15) is 41.9 Å². The average Bonchev–Trinajstić information content (AvgIpc) is 3.22. The Kier molecular flexibility index (Phi) is 10.0. The molecule has 1 unspecified atom stereocenters. The Bertz CT molecular complexity index is 758. The van der Waals surface area contributed by atoms with E-state index in [1.54, 1.807) is 17.4 Å². The van der Waals surface area contributed by atoms with E-state index in [1.165, 1.54) is 16.9 Å². The summed E-state index contributed by atoms with van der Waals surface area (Å²) in [6, 6.07) is 2.11. The number of thiophene rings is 1. The minimum Gasteiger partial charge on any atom is -0.469 e. The van der Waals surface area contributed by atoms with Crippen molar-refractivity contribution in [3.63, 3.8) is 0 Å². The molecule has 0 aromatic carbocycles. The topological polar surface area (TPSA) is 63.6 Å². The number of aliphatic hydroxyl groups excluding tert-OH is 1. The van der Waals surface area contributed by atoms with E-state index in [2.05, 4.69) is 33.7 Å². The molecule has 6 heteroatoms. The Morgan fingerprint density at radius 1 is 1.41 bits per heavy atom. The molecule has 0 fully saturated rings. The van der Waals surface area contributed by atoms with Crippen LogP contribution in [0, 0.1) is 18.8 Å². The maximum atomic E-state index is 12.1. The number of halogens is 1. The highest BCUT2D eigenvalue weighted by Crippen LogP contribution is 2.29. The molecule has 2 rings (SSSR count). The smallest absolute Gasteiger partial charge is 0.305 e. The first-order chi connectivity index (χ1) is 13.9.